The molecule has 4 aromatic rings. The Balaban J connectivity index is 1.52. The third-order valence-corrected chi connectivity index (χ3v) is 6.87. The Morgan fingerprint density at radius 2 is 1.81 bits per heavy atom. The Kier molecular flexibility index (Phi) is 8.22. The highest BCUT2D eigenvalue weighted by Crippen LogP contribution is 2.35. The number of rotatable bonds is 8. The van der Waals surface area contributed by atoms with Crippen LogP contribution in [-0.2, 0) is 41.7 Å². The summed E-state index contributed by atoms with van der Waals surface area (Å²) in [5.74, 6) is -4.36. The van der Waals surface area contributed by atoms with Gasteiger partial charge >= 0.3 is 6.18 Å². The van der Waals surface area contributed by atoms with Crippen LogP contribution >= 0.6 is 0 Å². The Hall–Kier alpha value is -4.72. The molecule has 0 spiro atoms. The number of nitrogens with one attached hydrogen (secondary N) is 1. The van der Waals surface area contributed by atoms with E-state index in [2.05, 4.69) is 15.4 Å². The van der Waals surface area contributed by atoms with Gasteiger partial charge in [0.2, 0.25) is 5.91 Å². The van der Waals surface area contributed by atoms with Crippen LogP contribution in [0.25, 0.3) is 11.1 Å². The van der Waals surface area contributed by atoms with Crippen molar-refractivity contribution in [3.8, 4) is 11.1 Å². The predicted molar refractivity (Wildman–Crippen MR) is 140 cm³/mol. The molecule has 2 amide bonds. The lowest BCUT2D eigenvalue weighted by molar-refractivity contribution is -0.143. The Morgan fingerprint density at radius 1 is 1.07 bits per heavy atom. The number of halogens is 6. The summed E-state index contributed by atoms with van der Waals surface area (Å²) >= 11 is 0. The molecule has 0 aliphatic carbocycles. The molecule has 43 heavy (non-hydrogen) atoms. The number of carbonyl (C=O) groups is 2. The van der Waals surface area contributed by atoms with Gasteiger partial charge in [-0.05, 0) is 47.9 Å². The van der Waals surface area contributed by atoms with Crippen LogP contribution in [0.4, 0.5) is 26.3 Å². The second kappa shape index (κ2) is 11.9. The monoisotopic (exact) mass is 603 g/mol. The summed E-state index contributed by atoms with van der Waals surface area (Å²) < 4.78 is 89.3. The molecule has 3 heterocycles. The Bertz CT molecular complexity index is 1680. The molecule has 1 aliphatic rings. The minimum Gasteiger partial charge on any atom is -0.376 e. The summed E-state index contributed by atoms with van der Waals surface area (Å²) in [7, 11) is 0. The van der Waals surface area contributed by atoms with E-state index < -0.39 is 59.3 Å². The molecule has 1 aliphatic heterocycles. The third kappa shape index (κ3) is 6.53. The van der Waals surface area contributed by atoms with Gasteiger partial charge in [0.05, 0.1) is 30.5 Å². The van der Waals surface area contributed by atoms with Gasteiger partial charge in [-0.15, -0.1) is 0 Å². The van der Waals surface area contributed by atoms with Crippen molar-refractivity contribution in [2.75, 3.05) is 6.61 Å². The molecule has 224 valence electrons. The van der Waals surface area contributed by atoms with Crippen LogP contribution < -0.4 is 11.1 Å². The van der Waals surface area contributed by atoms with Crippen molar-refractivity contribution in [1.29, 1.82) is 0 Å². The average Bonchev–Trinajstić information content (AvgIpc) is 3.31. The van der Waals surface area contributed by atoms with Crippen LogP contribution in [0.3, 0.4) is 0 Å². The molecule has 14 heteroatoms. The molecular weight excluding hydrogens is 580 g/mol. The van der Waals surface area contributed by atoms with E-state index in [0.717, 1.165) is 22.9 Å². The van der Waals surface area contributed by atoms with Gasteiger partial charge in [-0.1, -0.05) is 12.1 Å². The number of benzene rings is 2. The number of hydrogen-bond donors (Lipinski definition) is 2. The minimum absolute atomic E-state index is 0.106. The van der Waals surface area contributed by atoms with Gasteiger partial charge in [-0.3, -0.25) is 19.3 Å². The lowest BCUT2D eigenvalue weighted by atomic mass is 9.94. The zero-order valence-corrected chi connectivity index (χ0v) is 22.2. The third-order valence-electron chi connectivity index (χ3n) is 6.87. The number of aromatic nitrogens is 3. The van der Waals surface area contributed by atoms with Gasteiger partial charge in [0.15, 0.2) is 5.69 Å². The molecule has 8 nitrogen and oxygen atoms in total. The highest BCUT2D eigenvalue weighted by molar-refractivity contribution is 5.94. The molecule has 1 atom stereocenters. The molecule has 0 fully saturated rings. The maximum atomic E-state index is 14.2. The van der Waals surface area contributed by atoms with Crippen molar-refractivity contribution in [2.45, 2.75) is 38.2 Å². The number of amides is 2. The molecule has 0 saturated carbocycles. The first-order valence-corrected chi connectivity index (χ1v) is 12.9. The minimum atomic E-state index is -4.77. The largest absolute Gasteiger partial charge is 0.435 e. The highest BCUT2D eigenvalue weighted by Gasteiger charge is 2.40. The molecular formula is C29H23F6N5O3. The zero-order chi connectivity index (χ0) is 30.9. The summed E-state index contributed by atoms with van der Waals surface area (Å²) in [4.78, 5) is 29.5. The molecule has 2 aromatic heterocycles. The van der Waals surface area contributed by atoms with Crippen molar-refractivity contribution in [3.05, 3.63) is 106 Å². The fraction of sp³-hybridized carbons (Fsp3) is 0.241. The number of carbonyl (C=O) groups excluding carboxylic acids is 2. The van der Waals surface area contributed by atoms with E-state index in [-0.39, 0.29) is 48.6 Å². The summed E-state index contributed by atoms with van der Waals surface area (Å²) in [5.41, 5.74) is 4.78. The van der Waals surface area contributed by atoms with Crippen LogP contribution in [0.1, 0.15) is 44.6 Å². The lowest BCUT2D eigenvalue weighted by Crippen LogP contribution is -2.34. The number of alkyl halides is 3. The SMILES string of the molecule is NC(=O)c1cc(-c2cccnc2C(Cc2cc(F)cc(F)c2)NC(=O)Cn2nc(C(F)(F)F)c3c2CCOC3)ccc1F. The Morgan fingerprint density at radius 3 is 2.51 bits per heavy atom. The number of primary amides is 1. The van der Waals surface area contributed by atoms with Crippen LogP contribution in [-0.4, -0.2) is 33.2 Å². The van der Waals surface area contributed by atoms with Crippen molar-refractivity contribution in [1.82, 2.24) is 20.1 Å². The number of pyridine rings is 1. The van der Waals surface area contributed by atoms with E-state index in [1.165, 1.54) is 18.3 Å². The number of hydrogen-bond acceptors (Lipinski definition) is 5. The lowest BCUT2D eigenvalue weighted by Gasteiger charge is -2.22. The van der Waals surface area contributed by atoms with Gasteiger partial charge < -0.3 is 15.8 Å². The highest BCUT2D eigenvalue weighted by atomic mass is 19.4. The number of nitrogens with zero attached hydrogens (tertiary/aromatic N) is 3. The molecule has 2 aromatic carbocycles. The van der Waals surface area contributed by atoms with Gasteiger partial charge in [0.25, 0.3) is 5.91 Å². The second-order valence-corrected chi connectivity index (χ2v) is 9.83. The molecule has 0 saturated heterocycles. The van der Waals surface area contributed by atoms with E-state index in [0.29, 0.717) is 17.2 Å². The van der Waals surface area contributed by atoms with Crippen molar-refractivity contribution in [2.24, 2.45) is 5.73 Å². The van der Waals surface area contributed by atoms with Gasteiger partial charge in [0, 0.05) is 35.5 Å². The molecule has 0 radical (unpaired) electrons. The van der Waals surface area contributed by atoms with Crippen molar-refractivity contribution < 1.29 is 40.7 Å². The van der Waals surface area contributed by atoms with Crippen LogP contribution in [0.15, 0.2) is 54.7 Å². The molecule has 3 N–H and O–H groups in total. The molecule has 1 unspecified atom stereocenters. The summed E-state index contributed by atoms with van der Waals surface area (Å²) in [6.07, 6.45) is -3.46. The maximum Gasteiger partial charge on any atom is 0.435 e. The van der Waals surface area contributed by atoms with E-state index in [1.807, 2.05) is 0 Å². The van der Waals surface area contributed by atoms with E-state index in [1.54, 1.807) is 12.1 Å². The smallest absolute Gasteiger partial charge is 0.376 e. The van der Waals surface area contributed by atoms with Crippen molar-refractivity contribution in [3.63, 3.8) is 0 Å². The first-order chi connectivity index (χ1) is 20.4. The number of ether oxygens (including phenoxy) is 1. The number of fused-ring (bicyclic) bond motifs is 1. The standard InChI is InChI=1S/C29H23F6N5O3/c30-17-8-15(9-18(31)12-17)10-23(26-19(2-1-6-37-26)16-3-4-22(32)20(11-16)28(36)42)38-25(41)13-40-24-5-7-43-14-21(24)27(39-40)29(33,34)35/h1-4,6,8-9,11-12,23H,5,7,10,13-14H2,(H2,36,42)(H,38,41). The van der Waals surface area contributed by atoms with Crippen molar-refractivity contribution >= 4 is 11.8 Å². The van der Waals surface area contributed by atoms with Crippen LogP contribution in [0.2, 0.25) is 0 Å². The fourth-order valence-electron chi connectivity index (χ4n) is 5.04. The summed E-state index contributed by atoms with van der Waals surface area (Å²) in [6.45, 7) is -0.758. The predicted octanol–water partition coefficient (Wildman–Crippen LogP) is 4.65. The van der Waals surface area contributed by atoms with Gasteiger partial charge in [-0.25, -0.2) is 13.2 Å². The Labute approximate surface area is 240 Å². The van der Waals surface area contributed by atoms with Gasteiger partial charge in [-0.2, -0.15) is 18.3 Å². The van der Waals surface area contributed by atoms with Crippen LogP contribution in [0.5, 0.6) is 0 Å². The second-order valence-electron chi connectivity index (χ2n) is 9.83. The first kappa shape index (κ1) is 29.8. The zero-order valence-electron chi connectivity index (χ0n) is 22.2. The van der Waals surface area contributed by atoms with Gasteiger partial charge in [0.1, 0.15) is 24.0 Å². The quantitative estimate of drug-likeness (QED) is 0.285. The van der Waals surface area contributed by atoms with E-state index >= 15 is 0 Å². The first-order valence-electron chi connectivity index (χ1n) is 12.9. The topological polar surface area (TPSA) is 112 Å². The molecule has 0 bridgehead atoms. The summed E-state index contributed by atoms with van der Waals surface area (Å²) in [5, 5.41) is 6.34. The normalized spacial score (nSPS) is 13.8. The number of nitrogens with two attached hydrogens (primary N) is 1. The van der Waals surface area contributed by atoms with Crippen LogP contribution in [0, 0.1) is 17.5 Å². The molecule has 5 rings (SSSR count). The maximum absolute atomic E-state index is 14.2. The average molecular weight is 604 g/mol. The fourth-order valence-corrected chi connectivity index (χ4v) is 5.04. The summed E-state index contributed by atoms with van der Waals surface area (Å²) in [6, 6.07) is 8.44. The van der Waals surface area contributed by atoms with E-state index in [4.69, 9.17) is 10.5 Å². The van der Waals surface area contributed by atoms with E-state index in [9.17, 15) is 35.9 Å².